The van der Waals surface area contributed by atoms with E-state index in [1.807, 2.05) is 6.92 Å². The Morgan fingerprint density at radius 3 is 2.87 bits per heavy atom. The van der Waals surface area contributed by atoms with Crippen LogP contribution in [0.5, 0.6) is 0 Å². The number of hydrogen-bond acceptors (Lipinski definition) is 2. The second kappa shape index (κ2) is 5.31. The first-order valence-corrected chi connectivity index (χ1v) is 4.72. The molecule has 0 saturated heterocycles. The number of guanidine groups is 1. The van der Waals surface area contributed by atoms with Gasteiger partial charge in [-0.25, -0.2) is 4.39 Å². The molecule has 5 N–H and O–H groups in total. The van der Waals surface area contributed by atoms with Gasteiger partial charge in [-0.3, -0.25) is 4.99 Å². The summed E-state index contributed by atoms with van der Waals surface area (Å²) in [6, 6.07) is 4.56. The quantitative estimate of drug-likeness (QED) is 0.515. The van der Waals surface area contributed by atoms with Crippen LogP contribution in [0.25, 0.3) is 0 Å². The van der Waals surface area contributed by atoms with Gasteiger partial charge in [-0.1, -0.05) is 0 Å². The van der Waals surface area contributed by atoms with Crippen molar-refractivity contribution < 1.29 is 4.39 Å². The summed E-state index contributed by atoms with van der Waals surface area (Å²) in [7, 11) is 0. The SMILES string of the molecule is CCN=C(N)Nc1ccc(F)c(CN)c1. The third-order valence-electron chi connectivity index (χ3n) is 1.87. The first-order chi connectivity index (χ1) is 7.17. The number of aliphatic imine (C=N–C) groups is 1. The van der Waals surface area contributed by atoms with Gasteiger partial charge >= 0.3 is 0 Å². The first-order valence-electron chi connectivity index (χ1n) is 4.72. The van der Waals surface area contributed by atoms with Crippen molar-refractivity contribution in [2.45, 2.75) is 13.5 Å². The Morgan fingerprint density at radius 2 is 2.27 bits per heavy atom. The average Bonchev–Trinajstić information content (AvgIpc) is 2.21. The Morgan fingerprint density at radius 1 is 1.53 bits per heavy atom. The van der Waals surface area contributed by atoms with E-state index in [1.54, 1.807) is 12.1 Å². The minimum absolute atomic E-state index is 0.159. The van der Waals surface area contributed by atoms with Gasteiger partial charge in [-0.05, 0) is 25.1 Å². The van der Waals surface area contributed by atoms with Gasteiger partial charge in [0.05, 0.1) is 0 Å². The lowest BCUT2D eigenvalue weighted by Gasteiger charge is -2.07. The van der Waals surface area contributed by atoms with Gasteiger partial charge in [0.25, 0.3) is 0 Å². The molecular formula is C10H15FN4. The zero-order chi connectivity index (χ0) is 11.3. The van der Waals surface area contributed by atoms with E-state index in [2.05, 4.69) is 10.3 Å². The molecule has 1 aromatic rings. The summed E-state index contributed by atoms with van der Waals surface area (Å²) in [5.41, 5.74) is 12.1. The minimum atomic E-state index is -0.311. The Hall–Kier alpha value is -1.62. The largest absolute Gasteiger partial charge is 0.370 e. The van der Waals surface area contributed by atoms with Crippen molar-refractivity contribution in [2.75, 3.05) is 11.9 Å². The fourth-order valence-electron chi connectivity index (χ4n) is 1.17. The summed E-state index contributed by atoms with van der Waals surface area (Å²) in [6.07, 6.45) is 0. The van der Waals surface area contributed by atoms with E-state index in [1.165, 1.54) is 6.07 Å². The predicted octanol–water partition coefficient (Wildman–Crippen LogP) is 1.03. The molecule has 15 heavy (non-hydrogen) atoms. The smallest absolute Gasteiger partial charge is 0.193 e. The maximum absolute atomic E-state index is 13.1. The van der Waals surface area contributed by atoms with Crippen LogP contribution in [-0.4, -0.2) is 12.5 Å². The third kappa shape index (κ3) is 3.21. The van der Waals surface area contributed by atoms with Crippen molar-refractivity contribution in [3.8, 4) is 0 Å². The molecule has 0 aliphatic rings. The van der Waals surface area contributed by atoms with Crippen LogP contribution in [0.1, 0.15) is 12.5 Å². The highest BCUT2D eigenvalue weighted by Gasteiger charge is 2.02. The molecular weight excluding hydrogens is 195 g/mol. The van der Waals surface area contributed by atoms with Crippen LogP contribution >= 0.6 is 0 Å². The number of nitrogens with two attached hydrogens (primary N) is 2. The number of anilines is 1. The molecule has 1 aromatic carbocycles. The zero-order valence-corrected chi connectivity index (χ0v) is 8.63. The lowest BCUT2D eigenvalue weighted by atomic mass is 10.2. The van der Waals surface area contributed by atoms with E-state index in [4.69, 9.17) is 11.5 Å². The fraction of sp³-hybridized carbons (Fsp3) is 0.300. The molecule has 0 spiro atoms. The van der Waals surface area contributed by atoms with Gasteiger partial charge in [0.2, 0.25) is 0 Å². The number of nitrogens with zero attached hydrogens (tertiary/aromatic N) is 1. The Kier molecular flexibility index (Phi) is 4.05. The van der Waals surface area contributed by atoms with Gasteiger partial charge in [0.15, 0.2) is 5.96 Å². The summed E-state index contributed by atoms with van der Waals surface area (Å²) in [4.78, 5) is 3.96. The Bertz CT molecular complexity index is 362. The molecule has 0 unspecified atom stereocenters. The molecule has 5 heteroatoms. The topological polar surface area (TPSA) is 76.4 Å². The number of hydrogen-bond donors (Lipinski definition) is 3. The van der Waals surface area contributed by atoms with E-state index >= 15 is 0 Å². The monoisotopic (exact) mass is 210 g/mol. The van der Waals surface area contributed by atoms with Crippen LogP contribution < -0.4 is 16.8 Å². The summed E-state index contributed by atoms with van der Waals surface area (Å²) in [5, 5.41) is 2.85. The summed E-state index contributed by atoms with van der Waals surface area (Å²) >= 11 is 0. The Labute approximate surface area is 88.2 Å². The lowest BCUT2D eigenvalue weighted by molar-refractivity contribution is 0.611. The van der Waals surface area contributed by atoms with Gasteiger partial charge in [-0.15, -0.1) is 0 Å². The van der Waals surface area contributed by atoms with Crippen molar-refractivity contribution >= 4 is 11.6 Å². The van der Waals surface area contributed by atoms with E-state index in [0.29, 0.717) is 23.8 Å². The number of nitrogens with one attached hydrogen (secondary N) is 1. The van der Waals surface area contributed by atoms with Crippen LogP contribution in [0.2, 0.25) is 0 Å². The predicted molar refractivity (Wildman–Crippen MR) is 60.1 cm³/mol. The van der Waals surface area contributed by atoms with E-state index < -0.39 is 0 Å². The molecule has 0 amide bonds. The maximum Gasteiger partial charge on any atom is 0.193 e. The summed E-state index contributed by atoms with van der Waals surface area (Å²) in [6.45, 7) is 2.64. The number of halogens is 1. The van der Waals surface area contributed by atoms with Gasteiger partial charge in [-0.2, -0.15) is 0 Å². The number of benzene rings is 1. The molecule has 0 saturated carbocycles. The lowest BCUT2D eigenvalue weighted by Crippen LogP contribution is -2.22. The van der Waals surface area contributed by atoms with Crippen molar-refractivity contribution in [1.82, 2.24) is 0 Å². The summed E-state index contributed by atoms with van der Waals surface area (Å²) < 4.78 is 13.1. The molecule has 4 nitrogen and oxygen atoms in total. The molecule has 0 bridgehead atoms. The van der Waals surface area contributed by atoms with Crippen LogP contribution in [-0.2, 0) is 6.54 Å². The number of rotatable bonds is 3. The molecule has 0 atom stereocenters. The average molecular weight is 210 g/mol. The highest BCUT2D eigenvalue weighted by molar-refractivity contribution is 5.92. The molecule has 82 valence electrons. The zero-order valence-electron chi connectivity index (χ0n) is 8.63. The molecule has 0 heterocycles. The van der Waals surface area contributed by atoms with Gasteiger partial charge in [0, 0.05) is 24.3 Å². The standard InChI is InChI=1S/C10H15FN4/c1-2-14-10(13)15-8-3-4-9(11)7(5-8)6-12/h3-5H,2,6,12H2,1H3,(H3,13,14,15). The first kappa shape index (κ1) is 11.5. The second-order valence-corrected chi connectivity index (χ2v) is 2.99. The van der Waals surface area contributed by atoms with Crippen molar-refractivity contribution in [2.24, 2.45) is 16.5 Å². The Balaban J connectivity index is 2.83. The van der Waals surface area contributed by atoms with Crippen molar-refractivity contribution in [1.29, 1.82) is 0 Å². The van der Waals surface area contributed by atoms with Crippen LogP contribution in [0.3, 0.4) is 0 Å². The van der Waals surface area contributed by atoms with E-state index in [-0.39, 0.29) is 12.4 Å². The highest BCUT2D eigenvalue weighted by atomic mass is 19.1. The second-order valence-electron chi connectivity index (χ2n) is 2.99. The molecule has 1 rings (SSSR count). The van der Waals surface area contributed by atoms with E-state index in [0.717, 1.165) is 0 Å². The summed E-state index contributed by atoms with van der Waals surface area (Å²) in [5.74, 6) is 0.00105. The normalized spacial score (nSPS) is 11.5. The van der Waals surface area contributed by atoms with Gasteiger partial charge < -0.3 is 16.8 Å². The van der Waals surface area contributed by atoms with Crippen LogP contribution in [0.4, 0.5) is 10.1 Å². The molecule has 0 fully saturated rings. The van der Waals surface area contributed by atoms with Crippen LogP contribution in [0.15, 0.2) is 23.2 Å². The van der Waals surface area contributed by atoms with E-state index in [9.17, 15) is 4.39 Å². The maximum atomic E-state index is 13.1. The minimum Gasteiger partial charge on any atom is -0.370 e. The van der Waals surface area contributed by atoms with Crippen molar-refractivity contribution in [3.05, 3.63) is 29.6 Å². The molecule has 0 aromatic heterocycles. The van der Waals surface area contributed by atoms with Crippen LogP contribution in [0, 0.1) is 5.82 Å². The molecule has 0 radical (unpaired) electrons. The molecule has 0 aliphatic heterocycles. The molecule has 0 aliphatic carbocycles. The highest BCUT2D eigenvalue weighted by Crippen LogP contribution is 2.13. The fourth-order valence-corrected chi connectivity index (χ4v) is 1.17. The van der Waals surface area contributed by atoms with Gasteiger partial charge in [0.1, 0.15) is 5.82 Å². The third-order valence-corrected chi connectivity index (χ3v) is 1.87. The van der Waals surface area contributed by atoms with Crippen molar-refractivity contribution in [3.63, 3.8) is 0 Å².